The molecule has 2 atom stereocenters. The van der Waals surface area contributed by atoms with Crippen LogP contribution in [0.2, 0.25) is 0 Å². The molecule has 1 aromatic carbocycles. The van der Waals surface area contributed by atoms with Gasteiger partial charge in [-0.2, -0.15) is 0 Å². The quantitative estimate of drug-likeness (QED) is 0.910. The van der Waals surface area contributed by atoms with Crippen LogP contribution in [0.1, 0.15) is 49.1 Å². The molecule has 0 amide bonds. The standard InChI is InChI=1S/C20H29N5O/c1-14(2)25-12-17(26)10-18(25)20-22-21-19-13-23(7-8-24(19)20)11-16-6-4-5-15(3)9-16/h4-6,9,14,17-18,26H,7-8,10-13H2,1-3H3/t17-,18-/m0/s1. The Morgan fingerprint density at radius 3 is 2.85 bits per heavy atom. The maximum Gasteiger partial charge on any atom is 0.150 e. The van der Waals surface area contributed by atoms with E-state index < -0.39 is 0 Å². The van der Waals surface area contributed by atoms with E-state index >= 15 is 0 Å². The van der Waals surface area contributed by atoms with Crippen LogP contribution in [0.4, 0.5) is 0 Å². The van der Waals surface area contributed by atoms with Crippen LogP contribution in [0.5, 0.6) is 0 Å². The Hall–Kier alpha value is -1.76. The third-order valence-corrected chi connectivity index (χ3v) is 5.63. The smallest absolute Gasteiger partial charge is 0.150 e. The van der Waals surface area contributed by atoms with E-state index in [0.717, 1.165) is 50.8 Å². The molecule has 1 aromatic heterocycles. The third kappa shape index (κ3) is 3.41. The topological polar surface area (TPSA) is 57.4 Å². The lowest BCUT2D eigenvalue weighted by molar-refractivity contribution is 0.155. The van der Waals surface area contributed by atoms with Crippen molar-refractivity contribution in [2.75, 3.05) is 13.1 Å². The normalized spacial score (nSPS) is 24.3. The Morgan fingerprint density at radius 2 is 2.08 bits per heavy atom. The molecule has 0 saturated carbocycles. The number of nitrogens with zero attached hydrogens (tertiary/aromatic N) is 5. The number of fused-ring (bicyclic) bond motifs is 1. The molecule has 2 aliphatic heterocycles. The summed E-state index contributed by atoms with van der Waals surface area (Å²) in [5.74, 6) is 2.07. The van der Waals surface area contributed by atoms with Gasteiger partial charge in [-0.05, 0) is 32.8 Å². The lowest BCUT2D eigenvalue weighted by atomic mass is 10.1. The fraction of sp³-hybridized carbons (Fsp3) is 0.600. The van der Waals surface area contributed by atoms with E-state index in [1.54, 1.807) is 0 Å². The molecule has 1 saturated heterocycles. The van der Waals surface area contributed by atoms with E-state index in [1.165, 1.54) is 11.1 Å². The highest BCUT2D eigenvalue weighted by Crippen LogP contribution is 2.33. The van der Waals surface area contributed by atoms with Crippen LogP contribution in [-0.2, 0) is 19.6 Å². The van der Waals surface area contributed by atoms with Gasteiger partial charge < -0.3 is 9.67 Å². The Bertz CT molecular complexity index is 771. The summed E-state index contributed by atoms with van der Waals surface area (Å²) in [6.07, 6.45) is 0.486. The first-order valence-corrected chi connectivity index (χ1v) is 9.65. The number of aliphatic hydroxyl groups is 1. The van der Waals surface area contributed by atoms with Gasteiger partial charge in [-0.3, -0.25) is 9.80 Å². The molecule has 140 valence electrons. The van der Waals surface area contributed by atoms with Crippen molar-refractivity contribution in [1.29, 1.82) is 0 Å². The van der Waals surface area contributed by atoms with Crippen LogP contribution < -0.4 is 0 Å². The number of aliphatic hydroxyl groups excluding tert-OH is 1. The molecule has 0 aliphatic carbocycles. The van der Waals surface area contributed by atoms with Gasteiger partial charge in [0.1, 0.15) is 5.82 Å². The van der Waals surface area contributed by atoms with Gasteiger partial charge >= 0.3 is 0 Å². The molecule has 1 fully saturated rings. The number of rotatable bonds is 4. The number of aromatic nitrogens is 3. The minimum Gasteiger partial charge on any atom is -0.392 e. The molecule has 2 aromatic rings. The zero-order valence-corrected chi connectivity index (χ0v) is 16.0. The van der Waals surface area contributed by atoms with E-state index in [4.69, 9.17) is 0 Å². The maximum atomic E-state index is 10.1. The lowest BCUT2D eigenvalue weighted by Crippen LogP contribution is -2.36. The van der Waals surface area contributed by atoms with Crippen molar-refractivity contribution in [1.82, 2.24) is 24.6 Å². The Balaban J connectivity index is 1.50. The molecule has 6 heteroatoms. The van der Waals surface area contributed by atoms with Gasteiger partial charge in [-0.15, -0.1) is 10.2 Å². The molecular formula is C20H29N5O. The summed E-state index contributed by atoms with van der Waals surface area (Å²) in [4.78, 5) is 4.79. The van der Waals surface area contributed by atoms with Crippen LogP contribution in [0.15, 0.2) is 24.3 Å². The predicted octanol–water partition coefficient (Wildman–Crippen LogP) is 2.12. The first-order valence-electron chi connectivity index (χ1n) is 9.65. The number of benzene rings is 1. The van der Waals surface area contributed by atoms with Crippen LogP contribution >= 0.6 is 0 Å². The Labute approximate surface area is 155 Å². The van der Waals surface area contributed by atoms with Crippen molar-refractivity contribution in [3.63, 3.8) is 0 Å². The lowest BCUT2D eigenvalue weighted by Gasteiger charge is -2.31. The van der Waals surface area contributed by atoms with E-state index in [0.29, 0.717) is 6.04 Å². The molecule has 6 nitrogen and oxygen atoms in total. The molecule has 2 aliphatic rings. The summed E-state index contributed by atoms with van der Waals surface area (Å²) in [6.45, 7) is 10.9. The monoisotopic (exact) mass is 355 g/mol. The van der Waals surface area contributed by atoms with Gasteiger partial charge in [-0.25, -0.2) is 0 Å². The minimum atomic E-state index is -0.267. The van der Waals surface area contributed by atoms with Crippen molar-refractivity contribution in [2.24, 2.45) is 0 Å². The highest BCUT2D eigenvalue weighted by atomic mass is 16.3. The summed E-state index contributed by atoms with van der Waals surface area (Å²) in [7, 11) is 0. The first-order chi connectivity index (χ1) is 12.5. The average Bonchev–Trinajstić information content (AvgIpc) is 3.17. The zero-order chi connectivity index (χ0) is 18.3. The summed E-state index contributed by atoms with van der Waals surface area (Å²) in [6, 6.07) is 9.28. The van der Waals surface area contributed by atoms with Crippen molar-refractivity contribution in [3.8, 4) is 0 Å². The van der Waals surface area contributed by atoms with Gasteiger partial charge in [-0.1, -0.05) is 29.8 Å². The first kappa shape index (κ1) is 17.6. The summed E-state index contributed by atoms with van der Waals surface area (Å²) in [5.41, 5.74) is 2.65. The molecule has 26 heavy (non-hydrogen) atoms. The second-order valence-electron chi connectivity index (χ2n) is 8.02. The van der Waals surface area contributed by atoms with Crippen LogP contribution in [0.3, 0.4) is 0 Å². The van der Waals surface area contributed by atoms with Crippen molar-refractivity contribution in [3.05, 3.63) is 47.0 Å². The second-order valence-corrected chi connectivity index (χ2v) is 8.02. The summed E-state index contributed by atoms with van der Waals surface area (Å²) < 4.78 is 2.28. The molecule has 0 radical (unpaired) electrons. The molecule has 0 spiro atoms. The van der Waals surface area contributed by atoms with Crippen LogP contribution in [-0.4, -0.2) is 54.9 Å². The van der Waals surface area contributed by atoms with E-state index in [1.807, 2.05) is 0 Å². The highest BCUT2D eigenvalue weighted by molar-refractivity contribution is 5.22. The molecule has 0 unspecified atom stereocenters. The van der Waals surface area contributed by atoms with E-state index in [-0.39, 0.29) is 12.1 Å². The fourth-order valence-corrected chi connectivity index (χ4v) is 4.34. The highest BCUT2D eigenvalue weighted by Gasteiger charge is 2.37. The van der Waals surface area contributed by atoms with E-state index in [9.17, 15) is 5.11 Å². The van der Waals surface area contributed by atoms with Crippen molar-refractivity contribution < 1.29 is 5.11 Å². The van der Waals surface area contributed by atoms with Crippen LogP contribution in [0, 0.1) is 6.92 Å². The summed E-state index contributed by atoms with van der Waals surface area (Å²) in [5, 5.41) is 19.2. The molecular weight excluding hydrogens is 326 g/mol. The Morgan fingerprint density at radius 1 is 1.23 bits per heavy atom. The molecule has 3 heterocycles. The van der Waals surface area contributed by atoms with Gasteiger partial charge in [0.25, 0.3) is 0 Å². The number of β-amino-alcohol motifs (C(OH)–C–C–N with tert-alkyl or cyclic N) is 1. The number of hydrogen-bond donors (Lipinski definition) is 1. The van der Waals surface area contributed by atoms with Crippen molar-refractivity contribution in [2.45, 2.75) is 65.0 Å². The molecule has 0 bridgehead atoms. The van der Waals surface area contributed by atoms with E-state index in [2.05, 4.69) is 69.6 Å². The third-order valence-electron chi connectivity index (χ3n) is 5.63. The second kappa shape index (κ2) is 7.10. The molecule has 4 rings (SSSR count). The van der Waals surface area contributed by atoms with Gasteiger partial charge in [0.05, 0.1) is 18.7 Å². The number of likely N-dealkylation sites (tertiary alicyclic amines) is 1. The zero-order valence-electron chi connectivity index (χ0n) is 16.0. The van der Waals surface area contributed by atoms with Crippen LogP contribution in [0.25, 0.3) is 0 Å². The maximum absolute atomic E-state index is 10.1. The van der Waals surface area contributed by atoms with Gasteiger partial charge in [0.15, 0.2) is 5.82 Å². The van der Waals surface area contributed by atoms with Gasteiger partial charge in [0.2, 0.25) is 0 Å². The fourth-order valence-electron chi connectivity index (χ4n) is 4.34. The molecule has 1 N–H and O–H groups in total. The largest absolute Gasteiger partial charge is 0.392 e. The minimum absolute atomic E-state index is 0.176. The van der Waals surface area contributed by atoms with Crippen molar-refractivity contribution >= 4 is 0 Å². The Kier molecular flexibility index (Phi) is 4.82. The SMILES string of the molecule is Cc1cccc(CN2CCn3c(nnc3[C@@H]3C[C@H](O)CN3C(C)C)C2)c1. The number of hydrogen-bond acceptors (Lipinski definition) is 5. The van der Waals surface area contributed by atoms with Gasteiger partial charge in [0, 0.05) is 32.2 Å². The summed E-state index contributed by atoms with van der Waals surface area (Å²) >= 11 is 0. The number of aryl methyl sites for hydroxylation is 1. The predicted molar refractivity (Wildman–Crippen MR) is 101 cm³/mol. The average molecular weight is 355 g/mol.